The van der Waals surface area contributed by atoms with Crippen LogP contribution in [-0.4, -0.2) is 19.5 Å². The van der Waals surface area contributed by atoms with Gasteiger partial charge in [-0.05, 0) is 31.5 Å². The third kappa shape index (κ3) is 4.98. The SMILES string of the molecule is Cc1cccc(COc2cc(C)n(-c3cc(-c4ccnc(C(C)C)n4)ncc3Cl)c(=O)c2Cl)c1. The standard InChI is InChI=1S/C26H24Cl2N4O2/c1-15(2)25-29-9-8-20(31-25)21-12-22(19(27)13-30-21)32-17(4)11-23(24(28)26(32)33)34-14-18-7-5-6-16(3)10-18/h5-13,15H,14H2,1-4H3. The molecule has 4 aromatic rings. The van der Waals surface area contributed by atoms with Crippen LogP contribution >= 0.6 is 23.2 Å². The number of nitrogens with zero attached hydrogens (tertiary/aromatic N) is 4. The van der Waals surface area contributed by atoms with Gasteiger partial charge in [0, 0.05) is 30.1 Å². The second-order valence-electron chi connectivity index (χ2n) is 8.36. The Balaban J connectivity index is 1.72. The van der Waals surface area contributed by atoms with Gasteiger partial charge in [0.25, 0.3) is 5.56 Å². The molecule has 0 aliphatic carbocycles. The molecular weight excluding hydrogens is 471 g/mol. The van der Waals surface area contributed by atoms with Crippen LogP contribution in [0.2, 0.25) is 10.0 Å². The molecule has 0 saturated heterocycles. The van der Waals surface area contributed by atoms with E-state index in [4.69, 9.17) is 27.9 Å². The molecule has 0 amide bonds. The van der Waals surface area contributed by atoms with Crippen molar-refractivity contribution in [3.63, 3.8) is 0 Å². The monoisotopic (exact) mass is 494 g/mol. The highest BCUT2D eigenvalue weighted by atomic mass is 35.5. The first-order chi connectivity index (χ1) is 16.2. The number of hydrogen-bond acceptors (Lipinski definition) is 5. The summed E-state index contributed by atoms with van der Waals surface area (Å²) >= 11 is 12.9. The fraction of sp³-hybridized carbons (Fsp3) is 0.231. The van der Waals surface area contributed by atoms with Crippen LogP contribution in [0.4, 0.5) is 0 Å². The van der Waals surface area contributed by atoms with Crippen LogP contribution in [0.5, 0.6) is 5.75 Å². The molecule has 0 radical (unpaired) electrons. The number of hydrogen-bond donors (Lipinski definition) is 0. The van der Waals surface area contributed by atoms with E-state index in [-0.39, 0.29) is 10.9 Å². The molecule has 6 nitrogen and oxygen atoms in total. The largest absolute Gasteiger partial charge is 0.487 e. The van der Waals surface area contributed by atoms with Crippen LogP contribution in [0.3, 0.4) is 0 Å². The number of halogens is 2. The van der Waals surface area contributed by atoms with Crippen molar-refractivity contribution in [1.29, 1.82) is 0 Å². The lowest BCUT2D eigenvalue weighted by Gasteiger charge is -2.16. The van der Waals surface area contributed by atoms with Gasteiger partial charge < -0.3 is 4.74 Å². The molecule has 1 aromatic carbocycles. The van der Waals surface area contributed by atoms with Crippen molar-refractivity contribution in [2.75, 3.05) is 0 Å². The van der Waals surface area contributed by atoms with E-state index in [1.165, 1.54) is 10.8 Å². The van der Waals surface area contributed by atoms with Crippen molar-refractivity contribution < 1.29 is 4.74 Å². The molecule has 0 unspecified atom stereocenters. The summed E-state index contributed by atoms with van der Waals surface area (Å²) in [7, 11) is 0. The van der Waals surface area contributed by atoms with Crippen molar-refractivity contribution >= 4 is 23.2 Å². The number of pyridine rings is 2. The Labute approximate surface area is 208 Å². The highest BCUT2D eigenvalue weighted by Gasteiger charge is 2.18. The van der Waals surface area contributed by atoms with E-state index < -0.39 is 5.56 Å². The van der Waals surface area contributed by atoms with Gasteiger partial charge in [-0.25, -0.2) is 9.97 Å². The molecule has 3 heterocycles. The van der Waals surface area contributed by atoms with Crippen molar-refractivity contribution in [3.05, 3.63) is 97.9 Å². The molecule has 4 rings (SSSR count). The molecule has 0 saturated carbocycles. The maximum atomic E-state index is 13.3. The predicted molar refractivity (Wildman–Crippen MR) is 135 cm³/mol. The third-order valence-corrected chi connectivity index (χ3v) is 5.94. The van der Waals surface area contributed by atoms with E-state index in [0.29, 0.717) is 46.0 Å². The van der Waals surface area contributed by atoms with Crippen LogP contribution < -0.4 is 10.3 Å². The summed E-state index contributed by atoms with van der Waals surface area (Å²) in [4.78, 5) is 26.6. The lowest BCUT2D eigenvalue weighted by molar-refractivity contribution is 0.305. The molecule has 3 aromatic heterocycles. The Morgan fingerprint density at radius 2 is 1.82 bits per heavy atom. The van der Waals surface area contributed by atoms with Crippen LogP contribution in [0, 0.1) is 13.8 Å². The molecular formula is C26H24Cl2N4O2. The minimum absolute atomic E-state index is 0.0168. The van der Waals surface area contributed by atoms with Crippen molar-refractivity contribution in [2.45, 2.75) is 40.2 Å². The van der Waals surface area contributed by atoms with Gasteiger partial charge in [0.1, 0.15) is 23.2 Å². The number of ether oxygens (including phenoxy) is 1. The van der Waals surface area contributed by atoms with Gasteiger partial charge in [0.15, 0.2) is 0 Å². The van der Waals surface area contributed by atoms with Gasteiger partial charge >= 0.3 is 0 Å². The number of rotatable bonds is 6. The second-order valence-corrected chi connectivity index (χ2v) is 9.14. The van der Waals surface area contributed by atoms with E-state index in [2.05, 4.69) is 15.0 Å². The van der Waals surface area contributed by atoms with Gasteiger partial charge in [0.2, 0.25) is 0 Å². The topological polar surface area (TPSA) is 69.9 Å². The Morgan fingerprint density at radius 3 is 2.56 bits per heavy atom. The van der Waals surface area contributed by atoms with Gasteiger partial charge in [-0.3, -0.25) is 14.3 Å². The Morgan fingerprint density at radius 1 is 1.03 bits per heavy atom. The molecule has 0 N–H and O–H groups in total. The molecule has 0 fully saturated rings. The average molecular weight is 495 g/mol. The zero-order valence-electron chi connectivity index (χ0n) is 19.3. The Hall–Kier alpha value is -3.22. The molecule has 0 aliphatic heterocycles. The van der Waals surface area contributed by atoms with E-state index >= 15 is 0 Å². The van der Waals surface area contributed by atoms with E-state index in [0.717, 1.165) is 11.1 Å². The Kier molecular flexibility index (Phi) is 7.00. The molecule has 0 aliphatic rings. The first kappa shape index (κ1) is 23.9. The Bertz CT molecular complexity index is 1420. The van der Waals surface area contributed by atoms with Gasteiger partial charge in [0.05, 0.1) is 22.1 Å². The highest BCUT2D eigenvalue weighted by molar-refractivity contribution is 6.33. The van der Waals surface area contributed by atoms with E-state index in [1.807, 2.05) is 45.0 Å². The van der Waals surface area contributed by atoms with Crippen molar-refractivity contribution in [1.82, 2.24) is 19.5 Å². The van der Waals surface area contributed by atoms with Crippen molar-refractivity contribution in [3.8, 4) is 22.8 Å². The maximum absolute atomic E-state index is 13.3. The van der Waals surface area contributed by atoms with Gasteiger partial charge in [-0.1, -0.05) is 66.9 Å². The summed E-state index contributed by atoms with van der Waals surface area (Å²) in [5, 5.41) is 0.299. The molecule has 8 heteroatoms. The fourth-order valence-corrected chi connectivity index (χ4v) is 3.96. The minimum Gasteiger partial charge on any atom is -0.487 e. The third-order valence-electron chi connectivity index (χ3n) is 5.31. The van der Waals surface area contributed by atoms with E-state index in [1.54, 1.807) is 31.3 Å². The molecule has 174 valence electrons. The summed E-state index contributed by atoms with van der Waals surface area (Å²) in [6.45, 7) is 8.16. The zero-order chi connectivity index (χ0) is 24.4. The second kappa shape index (κ2) is 9.95. The first-order valence-electron chi connectivity index (χ1n) is 10.8. The van der Waals surface area contributed by atoms with Gasteiger partial charge in [-0.15, -0.1) is 0 Å². The zero-order valence-corrected chi connectivity index (χ0v) is 20.9. The average Bonchev–Trinajstić information content (AvgIpc) is 2.82. The quantitative estimate of drug-likeness (QED) is 0.313. The maximum Gasteiger partial charge on any atom is 0.277 e. The van der Waals surface area contributed by atoms with Gasteiger partial charge in [-0.2, -0.15) is 0 Å². The lowest BCUT2D eigenvalue weighted by atomic mass is 10.1. The molecule has 0 bridgehead atoms. The fourth-order valence-electron chi connectivity index (χ4n) is 3.58. The van der Waals surface area contributed by atoms with Crippen LogP contribution in [0.1, 0.15) is 42.4 Å². The number of aryl methyl sites for hydroxylation is 2. The molecule has 0 atom stereocenters. The summed E-state index contributed by atoms with van der Waals surface area (Å²) < 4.78 is 7.34. The summed E-state index contributed by atoms with van der Waals surface area (Å²) in [6, 6.07) is 13.2. The van der Waals surface area contributed by atoms with Crippen molar-refractivity contribution in [2.24, 2.45) is 0 Å². The predicted octanol–water partition coefficient (Wildman–Crippen LogP) is 6.32. The summed E-state index contributed by atoms with van der Waals surface area (Å²) in [5.41, 5.74) is 4.00. The smallest absolute Gasteiger partial charge is 0.277 e. The number of aromatic nitrogens is 4. The molecule has 0 spiro atoms. The molecule has 34 heavy (non-hydrogen) atoms. The first-order valence-corrected chi connectivity index (χ1v) is 11.6. The van der Waals surface area contributed by atoms with Crippen LogP contribution in [0.25, 0.3) is 17.1 Å². The van der Waals surface area contributed by atoms with Crippen LogP contribution in [0.15, 0.2) is 59.7 Å². The minimum atomic E-state index is -0.425. The highest BCUT2D eigenvalue weighted by Crippen LogP contribution is 2.29. The summed E-state index contributed by atoms with van der Waals surface area (Å²) in [5.74, 6) is 1.20. The van der Waals surface area contributed by atoms with Crippen LogP contribution in [-0.2, 0) is 6.61 Å². The normalized spacial score (nSPS) is 11.1. The lowest BCUT2D eigenvalue weighted by Crippen LogP contribution is -2.22. The van der Waals surface area contributed by atoms with E-state index in [9.17, 15) is 4.79 Å². The summed E-state index contributed by atoms with van der Waals surface area (Å²) in [6.07, 6.45) is 3.20. The number of benzene rings is 1.